The maximum absolute atomic E-state index is 12.8. The summed E-state index contributed by atoms with van der Waals surface area (Å²) in [5.74, 6) is -1.22. The fraction of sp³-hybridized carbons (Fsp3) is 0.318. The van der Waals surface area contributed by atoms with E-state index in [0.29, 0.717) is 25.9 Å². The molecule has 0 saturated carbocycles. The van der Waals surface area contributed by atoms with Gasteiger partial charge >= 0.3 is 5.97 Å². The molecule has 6 nitrogen and oxygen atoms in total. The van der Waals surface area contributed by atoms with Crippen molar-refractivity contribution >= 4 is 29.5 Å². The average Bonchev–Trinajstić information content (AvgIpc) is 2.77. The normalized spacial score (nSPS) is 15.5. The number of nitrogens with zero attached hydrogens (tertiary/aromatic N) is 1. The molecule has 0 radical (unpaired) electrons. The van der Waals surface area contributed by atoms with Gasteiger partial charge in [-0.3, -0.25) is 14.4 Å². The number of thioether (sulfide) groups is 1. The summed E-state index contributed by atoms with van der Waals surface area (Å²) in [6, 6.07) is 19.0. The molecule has 1 saturated heterocycles. The van der Waals surface area contributed by atoms with E-state index in [4.69, 9.17) is 10.5 Å². The molecule has 0 aliphatic carbocycles. The monoisotopic (exact) mass is 412 g/mol. The van der Waals surface area contributed by atoms with Crippen molar-refractivity contribution in [3.05, 3.63) is 66.2 Å². The minimum absolute atomic E-state index is 0.189. The Morgan fingerprint density at radius 3 is 2.17 bits per heavy atom. The average molecular weight is 413 g/mol. The van der Waals surface area contributed by atoms with Gasteiger partial charge in [-0.15, -0.1) is 11.8 Å². The number of nitrogens with two attached hydrogens (primary N) is 1. The maximum atomic E-state index is 12.8. The topological polar surface area (TPSA) is 89.7 Å². The molecule has 2 N–H and O–H groups in total. The number of carbonyl (C=O) groups is 3. The van der Waals surface area contributed by atoms with Gasteiger partial charge in [0.15, 0.2) is 6.61 Å². The molecule has 0 unspecified atom stereocenters. The molecule has 1 fully saturated rings. The number of carbonyl (C=O) groups excluding carboxylic acids is 3. The van der Waals surface area contributed by atoms with Crippen LogP contribution < -0.4 is 5.73 Å². The van der Waals surface area contributed by atoms with Crippen LogP contribution in [0.2, 0.25) is 0 Å². The third-order valence-electron chi connectivity index (χ3n) is 4.90. The van der Waals surface area contributed by atoms with Crippen LogP contribution in [0.1, 0.15) is 23.7 Å². The van der Waals surface area contributed by atoms with Gasteiger partial charge in [0.25, 0.3) is 5.91 Å². The zero-order valence-electron chi connectivity index (χ0n) is 16.0. The molecule has 1 aliphatic heterocycles. The summed E-state index contributed by atoms with van der Waals surface area (Å²) >= 11 is 1.39. The van der Waals surface area contributed by atoms with Crippen molar-refractivity contribution in [1.29, 1.82) is 0 Å². The van der Waals surface area contributed by atoms with Crippen molar-refractivity contribution in [2.45, 2.75) is 23.0 Å². The van der Waals surface area contributed by atoms with Crippen molar-refractivity contribution in [3.63, 3.8) is 0 Å². The number of hydrogen-bond acceptors (Lipinski definition) is 5. The van der Waals surface area contributed by atoms with Gasteiger partial charge in [-0.2, -0.15) is 0 Å². The molecule has 1 heterocycles. The van der Waals surface area contributed by atoms with Gasteiger partial charge in [0, 0.05) is 23.9 Å². The van der Waals surface area contributed by atoms with E-state index in [9.17, 15) is 14.4 Å². The van der Waals surface area contributed by atoms with Crippen LogP contribution in [0.5, 0.6) is 0 Å². The van der Waals surface area contributed by atoms with E-state index in [1.165, 1.54) is 11.8 Å². The highest BCUT2D eigenvalue weighted by Gasteiger charge is 2.28. The lowest BCUT2D eigenvalue weighted by molar-refractivity contribution is -0.152. The summed E-state index contributed by atoms with van der Waals surface area (Å²) < 4.78 is 5.38. The third kappa shape index (κ3) is 5.84. The standard InChI is InChI=1S/C22H24N2O4S/c23-21(26)17-11-13-24(14-12-17)19(25)15-28-22(27)20(16-7-3-1-4-8-16)29-18-9-5-2-6-10-18/h1-10,17,20H,11-15H2,(H2,23,26)/t20-/m0/s1. The summed E-state index contributed by atoms with van der Waals surface area (Å²) in [6.45, 7) is 0.592. The Labute approximate surface area is 174 Å². The number of rotatable bonds is 7. The SMILES string of the molecule is NC(=O)C1CCN(C(=O)COC(=O)[C@@H](Sc2ccccc2)c2ccccc2)CC1. The molecule has 2 aromatic rings. The van der Waals surface area contributed by atoms with Crippen LogP contribution in [0.25, 0.3) is 0 Å². The molecule has 29 heavy (non-hydrogen) atoms. The highest BCUT2D eigenvalue weighted by molar-refractivity contribution is 8.00. The fourth-order valence-electron chi connectivity index (χ4n) is 3.23. The molecule has 0 bridgehead atoms. The molecule has 152 valence electrons. The van der Waals surface area contributed by atoms with E-state index in [1.54, 1.807) is 4.90 Å². The van der Waals surface area contributed by atoms with Gasteiger partial charge in [-0.1, -0.05) is 48.5 Å². The first-order valence-corrected chi connectivity index (χ1v) is 10.4. The molecule has 1 aliphatic rings. The third-order valence-corrected chi connectivity index (χ3v) is 6.15. The van der Waals surface area contributed by atoms with Crippen molar-refractivity contribution in [2.24, 2.45) is 11.7 Å². The van der Waals surface area contributed by atoms with Gasteiger partial charge in [0.1, 0.15) is 5.25 Å². The molecular formula is C22H24N2O4S. The Hall–Kier alpha value is -2.80. The number of esters is 1. The van der Waals surface area contributed by atoms with Gasteiger partial charge in [-0.25, -0.2) is 0 Å². The number of hydrogen-bond donors (Lipinski definition) is 1. The van der Waals surface area contributed by atoms with Gasteiger partial charge in [0.2, 0.25) is 5.91 Å². The van der Waals surface area contributed by atoms with Crippen LogP contribution in [0.4, 0.5) is 0 Å². The lowest BCUT2D eigenvalue weighted by Crippen LogP contribution is -2.43. The molecule has 3 rings (SSSR count). The molecule has 1 atom stereocenters. The quantitative estimate of drug-likeness (QED) is 0.558. The summed E-state index contributed by atoms with van der Waals surface area (Å²) in [6.07, 6.45) is 1.09. The lowest BCUT2D eigenvalue weighted by Gasteiger charge is -2.30. The zero-order chi connectivity index (χ0) is 20.6. The first-order valence-electron chi connectivity index (χ1n) is 9.55. The lowest BCUT2D eigenvalue weighted by atomic mass is 9.96. The second kappa shape index (κ2) is 10.1. The summed E-state index contributed by atoms with van der Waals surface area (Å²) in [5, 5.41) is -0.563. The largest absolute Gasteiger partial charge is 0.454 e. The van der Waals surface area contributed by atoms with Crippen LogP contribution in [0.15, 0.2) is 65.6 Å². The van der Waals surface area contributed by atoms with Crippen LogP contribution in [-0.2, 0) is 19.1 Å². The van der Waals surface area contributed by atoms with Crippen molar-refractivity contribution in [1.82, 2.24) is 4.90 Å². The number of piperidine rings is 1. The van der Waals surface area contributed by atoms with Crippen LogP contribution in [-0.4, -0.2) is 42.4 Å². The van der Waals surface area contributed by atoms with E-state index in [-0.39, 0.29) is 24.3 Å². The predicted molar refractivity (Wildman–Crippen MR) is 111 cm³/mol. The Bertz CT molecular complexity index is 836. The number of likely N-dealkylation sites (tertiary alicyclic amines) is 1. The Morgan fingerprint density at radius 2 is 1.59 bits per heavy atom. The zero-order valence-corrected chi connectivity index (χ0v) is 16.8. The summed E-state index contributed by atoms with van der Waals surface area (Å²) in [5.41, 5.74) is 6.15. The number of benzene rings is 2. The van der Waals surface area contributed by atoms with Crippen LogP contribution in [0, 0.1) is 5.92 Å². The molecule has 0 aromatic heterocycles. The predicted octanol–water partition coefficient (Wildman–Crippen LogP) is 2.79. The Morgan fingerprint density at radius 1 is 1.00 bits per heavy atom. The second-order valence-corrected chi connectivity index (χ2v) is 8.07. The van der Waals surface area contributed by atoms with E-state index in [0.717, 1.165) is 10.5 Å². The highest BCUT2D eigenvalue weighted by atomic mass is 32.2. The first kappa shape index (κ1) is 20.9. The highest BCUT2D eigenvalue weighted by Crippen LogP contribution is 2.36. The van der Waals surface area contributed by atoms with Crippen molar-refractivity contribution in [3.8, 4) is 0 Å². The molecule has 7 heteroatoms. The van der Waals surface area contributed by atoms with Gasteiger partial charge in [0.05, 0.1) is 0 Å². The number of amides is 2. The Kier molecular flexibility index (Phi) is 7.30. The van der Waals surface area contributed by atoms with Crippen LogP contribution in [0.3, 0.4) is 0 Å². The molecule has 0 spiro atoms. The summed E-state index contributed by atoms with van der Waals surface area (Å²) in [7, 11) is 0. The smallest absolute Gasteiger partial charge is 0.324 e. The van der Waals surface area contributed by atoms with E-state index in [1.807, 2.05) is 60.7 Å². The minimum atomic E-state index is -0.563. The first-order chi connectivity index (χ1) is 14.0. The molecule has 2 aromatic carbocycles. The number of ether oxygens (including phenoxy) is 1. The fourth-order valence-corrected chi connectivity index (χ4v) is 4.27. The van der Waals surface area contributed by atoms with Gasteiger partial charge in [-0.05, 0) is 30.5 Å². The molecular weight excluding hydrogens is 388 g/mol. The Balaban J connectivity index is 1.60. The molecule has 2 amide bonds. The maximum Gasteiger partial charge on any atom is 0.324 e. The van der Waals surface area contributed by atoms with Gasteiger partial charge < -0.3 is 15.4 Å². The summed E-state index contributed by atoms with van der Waals surface area (Å²) in [4.78, 5) is 39.0. The van der Waals surface area contributed by atoms with Crippen molar-refractivity contribution in [2.75, 3.05) is 19.7 Å². The van der Waals surface area contributed by atoms with E-state index < -0.39 is 11.2 Å². The second-order valence-electron chi connectivity index (χ2n) is 6.89. The number of primary amides is 1. The van der Waals surface area contributed by atoms with E-state index in [2.05, 4.69) is 0 Å². The van der Waals surface area contributed by atoms with Crippen molar-refractivity contribution < 1.29 is 19.1 Å². The van der Waals surface area contributed by atoms with Crippen LogP contribution >= 0.6 is 11.8 Å². The van der Waals surface area contributed by atoms with E-state index >= 15 is 0 Å². The minimum Gasteiger partial charge on any atom is -0.454 e.